The Hall–Kier alpha value is -1.65. The molecule has 2 N–H and O–H groups in total. The largest absolute Gasteiger partial charge is 0.458 e. The van der Waals surface area contributed by atoms with Crippen LogP contribution in [-0.4, -0.2) is 29.6 Å². The van der Waals surface area contributed by atoms with E-state index >= 15 is 0 Å². The van der Waals surface area contributed by atoms with Crippen LogP contribution < -0.4 is 5.73 Å². The average Bonchev–Trinajstić information content (AvgIpc) is 2.19. The van der Waals surface area contributed by atoms with Crippen LogP contribution >= 0.6 is 0 Å². The Bertz CT molecular complexity index is 404. The van der Waals surface area contributed by atoms with Gasteiger partial charge in [-0.3, -0.25) is 9.79 Å². The number of aliphatic imine (C=N–C) groups is 1. The summed E-state index contributed by atoms with van der Waals surface area (Å²) in [5, 5.41) is 0. The minimum absolute atomic E-state index is 0.161. The number of carbonyl (C=O) groups is 2. The van der Waals surface area contributed by atoms with E-state index in [-0.39, 0.29) is 17.4 Å². The molecule has 0 rings (SSSR count). The summed E-state index contributed by atoms with van der Waals surface area (Å²) in [6, 6.07) is -0.604. The van der Waals surface area contributed by atoms with Crippen molar-refractivity contribution in [2.75, 3.05) is 0 Å². The van der Waals surface area contributed by atoms with Crippen molar-refractivity contribution in [1.29, 1.82) is 0 Å². The number of hydrogen-bond acceptors (Lipinski definition) is 5. The van der Waals surface area contributed by atoms with Gasteiger partial charge in [-0.1, -0.05) is 13.8 Å². The number of ketones is 1. The van der Waals surface area contributed by atoms with Gasteiger partial charge in [0.1, 0.15) is 11.6 Å². The molecule has 0 aliphatic heterocycles. The summed E-state index contributed by atoms with van der Waals surface area (Å²) in [4.78, 5) is 27.1. The average molecular weight is 282 g/mol. The van der Waals surface area contributed by atoms with Gasteiger partial charge in [-0.15, -0.1) is 0 Å². The van der Waals surface area contributed by atoms with Crippen molar-refractivity contribution < 1.29 is 14.3 Å². The maximum Gasteiger partial charge on any atom is 0.331 e. The minimum atomic E-state index is -0.604. The fraction of sp³-hybridized carbons (Fsp3) is 0.667. The molecule has 0 saturated heterocycles. The molecule has 0 aromatic heterocycles. The van der Waals surface area contributed by atoms with Gasteiger partial charge in [-0.25, -0.2) is 4.79 Å². The summed E-state index contributed by atoms with van der Waals surface area (Å²) in [5.41, 5.74) is 5.30. The van der Waals surface area contributed by atoms with Crippen molar-refractivity contribution in [1.82, 2.24) is 0 Å². The van der Waals surface area contributed by atoms with E-state index in [0.717, 1.165) is 0 Å². The van der Waals surface area contributed by atoms with E-state index in [0.29, 0.717) is 12.3 Å². The standard InChI is InChI=1S/C15H26N2O3/c1-10(2)7-13(14(19)20-15(4,5)6)17-9-12(16)8-11(3)18/h8-10,13H,7,16H2,1-6H3. The molecule has 0 aliphatic carbocycles. The summed E-state index contributed by atoms with van der Waals surface area (Å²) >= 11 is 0. The Morgan fingerprint density at radius 1 is 1.30 bits per heavy atom. The second kappa shape index (κ2) is 7.82. The first-order chi connectivity index (χ1) is 9.01. The molecule has 0 aliphatic rings. The van der Waals surface area contributed by atoms with Crippen LogP contribution in [0.4, 0.5) is 0 Å². The molecule has 114 valence electrons. The molecule has 0 saturated carbocycles. The highest BCUT2D eigenvalue weighted by atomic mass is 16.6. The fourth-order valence-electron chi connectivity index (χ4n) is 1.48. The predicted molar refractivity (Wildman–Crippen MR) is 80.5 cm³/mol. The molecular formula is C15H26N2O3. The molecule has 0 radical (unpaired) electrons. The van der Waals surface area contributed by atoms with Gasteiger partial charge in [0.2, 0.25) is 0 Å². The zero-order valence-corrected chi connectivity index (χ0v) is 13.3. The zero-order valence-electron chi connectivity index (χ0n) is 13.3. The molecule has 0 aromatic carbocycles. The van der Waals surface area contributed by atoms with Crippen LogP contribution in [0.25, 0.3) is 0 Å². The lowest BCUT2D eigenvalue weighted by Crippen LogP contribution is -2.32. The highest BCUT2D eigenvalue weighted by Gasteiger charge is 2.25. The molecule has 0 aromatic rings. The summed E-state index contributed by atoms with van der Waals surface area (Å²) in [7, 11) is 0. The number of rotatable bonds is 6. The Morgan fingerprint density at radius 2 is 1.85 bits per heavy atom. The molecule has 0 bridgehead atoms. The molecule has 5 nitrogen and oxygen atoms in total. The Balaban J connectivity index is 4.94. The number of hydrogen-bond donors (Lipinski definition) is 1. The second-order valence-corrected chi connectivity index (χ2v) is 6.21. The molecule has 0 amide bonds. The third kappa shape index (κ3) is 9.30. The van der Waals surface area contributed by atoms with Crippen molar-refractivity contribution in [3.8, 4) is 0 Å². The van der Waals surface area contributed by atoms with Crippen LogP contribution in [0.2, 0.25) is 0 Å². The number of carbonyl (C=O) groups excluding carboxylic acids is 2. The number of ether oxygens (including phenoxy) is 1. The van der Waals surface area contributed by atoms with Crippen molar-refractivity contribution in [2.24, 2.45) is 16.6 Å². The maximum atomic E-state index is 12.1. The topological polar surface area (TPSA) is 81.8 Å². The van der Waals surface area contributed by atoms with E-state index in [4.69, 9.17) is 10.5 Å². The van der Waals surface area contributed by atoms with Gasteiger partial charge >= 0.3 is 5.97 Å². The zero-order chi connectivity index (χ0) is 15.9. The van der Waals surface area contributed by atoms with E-state index in [9.17, 15) is 9.59 Å². The van der Waals surface area contributed by atoms with Gasteiger partial charge in [0.15, 0.2) is 5.78 Å². The van der Waals surface area contributed by atoms with Crippen LogP contribution in [0.3, 0.4) is 0 Å². The number of esters is 1. The van der Waals surface area contributed by atoms with Crippen LogP contribution in [0.15, 0.2) is 16.8 Å². The van der Waals surface area contributed by atoms with E-state index in [1.54, 1.807) is 0 Å². The van der Waals surface area contributed by atoms with E-state index in [2.05, 4.69) is 4.99 Å². The Kier molecular flexibility index (Phi) is 7.18. The SMILES string of the molecule is CC(=O)C=C(N)C=NC(CC(C)C)C(=O)OC(C)(C)C. The predicted octanol–water partition coefficient (Wildman–Crippen LogP) is 2.25. The first-order valence-corrected chi connectivity index (χ1v) is 6.75. The minimum Gasteiger partial charge on any atom is -0.458 e. The number of nitrogens with zero attached hydrogens (tertiary/aromatic N) is 1. The smallest absolute Gasteiger partial charge is 0.331 e. The summed E-state index contributed by atoms with van der Waals surface area (Å²) in [6.07, 6.45) is 3.18. The first kappa shape index (κ1) is 18.4. The summed E-state index contributed by atoms with van der Waals surface area (Å²) in [5.74, 6) is -0.243. The van der Waals surface area contributed by atoms with Gasteiger partial charge in [0.05, 0.1) is 5.70 Å². The number of allylic oxidation sites excluding steroid dienone is 2. The Morgan fingerprint density at radius 3 is 2.25 bits per heavy atom. The molecule has 20 heavy (non-hydrogen) atoms. The molecule has 1 atom stereocenters. The van der Waals surface area contributed by atoms with Crippen molar-refractivity contribution in [2.45, 2.75) is 59.6 Å². The highest BCUT2D eigenvalue weighted by Crippen LogP contribution is 2.15. The normalized spacial score (nSPS) is 14.7. The Labute approximate surface area is 121 Å². The highest BCUT2D eigenvalue weighted by molar-refractivity contribution is 5.94. The lowest BCUT2D eigenvalue weighted by Gasteiger charge is -2.23. The van der Waals surface area contributed by atoms with Crippen LogP contribution in [0.5, 0.6) is 0 Å². The van der Waals surface area contributed by atoms with Gasteiger partial charge in [-0.05, 0) is 40.0 Å². The summed E-state index contributed by atoms with van der Waals surface area (Å²) < 4.78 is 5.33. The van der Waals surface area contributed by atoms with Gasteiger partial charge in [0.25, 0.3) is 0 Å². The molecule has 0 fully saturated rings. The molecular weight excluding hydrogens is 256 g/mol. The fourth-order valence-corrected chi connectivity index (χ4v) is 1.48. The third-order valence-corrected chi connectivity index (χ3v) is 2.15. The van der Waals surface area contributed by atoms with E-state index < -0.39 is 11.6 Å². The maximum absolute atomic E-state index is 12.1. The molecule has 0 heterocycles. The van der Waals surface area contributed by atoms with Gasteiger partial charge in [0, 0.05) is 12.3 Å². The first-order valence-electron chi connectivity index (χ1n) is 6.75. The van der Waals surface area contributed by atoms with Gasteiger partial charge < -0.3 is 10.5 Å². The monoisotopic (exact) mass is 282 g/mol. The quantitative estimate of drug-likeness (QED) is 0.460. The molecule has 0 spiro atoms. The molecule has 5 heteroatoms. The third-order valence-electron chi connectivity index (χ3n) is 2.15. The van der Waals surface area contributed by atoms with E-state index in [1.807, 2.05) is 34.6 Å². The second-order valence-electron chi connectivity index (χ2n) is 6.21. The lowest BCUT2D eigenvalue weighted by atomic mass is 10.0. The number of nitrogens with two attached hydrogens (primary N) is 1. The van der Waals surface area contributed by atoms with Gasteiger partial charge in [-0.2, -0.15) is 0 Å². The molecule has 1 unspecified atom stereocenters. The van der Waals surface area contributed by atoms with Crippen LogP contribution in [-0.2, 0) is 14.3 Å². The van der Waals surface area contributed by atoms with Crippen molar-refractivity contribution >= 4 is 18.0 Å². The van der Waals surface area contributed by atoms with Crippen LogP contribution in [0.1, 0.15) is 48.0 Å². The lowest BCUT2D eigenvalue weighted by molar-refractivity contribution is -0.156. The van der Waals surface area contributed by atoms with E-state index in [1.165, 1.54) is 19.2 Å². The summed E-state index contributed by atoms with van der Waals surface area (Å²) in [6.45, 7) is 10.8. The van der Waals surface area contributed by atoms with Crippen molar-refractivity contribution in [3.05, 3.63) is 11.8 Å². The van der Waals surface area contributed by atoms with Crippen LogP contribution in [0, 0.1) is 5.92 Å². The van der Waals surface area contributed by atoms with Crippen molar-refractivity contribution in [3.63, 3.8) is 0 Å².